The Labute approximate surface area is 166 Å². The molecule has 146 valence electrons. The van der Waals surface area contributed by atoms with Crippen molar-refractivity contribution in [1.82, 2.24) is 4.98 Å². The van der Waals surface area contributed by atoms with E-state index in [9.17, 15) is 4.39 Å². The number of ether oxygens (including phenoxy) is 3. The number of anilines is 1. The van der Waals surface area contributed by atoms with E-state index < -0.39 is 0 Å². The Hall–Kier alpha value is -3.13. The molecule has 0 fully saturated rings. The zero-order valence-corrected chi connectivity index (χ0v) is 16.5. The molecular weight excluding hydrogens is 381 g/mol. The van der Waals surface area contributed by atoms with Crippen molar-refractivity contribution < 1.29 is 18.6 Å². The van der Waals surface area contributed by atoms with E-state index in [1.54, 1.807) is 32.6 Å². The molecule has 1 N–H and O–H groups in total. The smallest absolute Gasteiger partial charge is 0.203 e. The van der Waals surface area contributed by atoms with Gasteiger partial charge in [0.1, 0.15) is 5.82 Å². The third-order valence-electron chi connectivity index (χ3n) is 3.79. The van der Waals surface area contributed by atoms with Gasteiger partial charge in [0.2, 0.25) is 10.9 Å². The van der Waals surface area contributed by atoms with Crippen molar-refractivity contribution in [3.8, 4) is 28.5 Å². The minimum atomic E-state index is -0.275. The van der Waals surface area contributed by atoms with Crippen molar-refractivity contribution in [2.75, 3.05) is 26.3 Å². The van der Waals surface area contributed by atoms with Crippen molar-refractivity contribution >= 4 is 22.7 Å². The number of methoxy groups -OCH3 is 2. The van der Waals surface area contributed by atoms with E-state index in [1.807, 2.05) is 24.4 Å². The highest BCUT2D eigenvalue weighted by Gasteiger charge is 2.13. The molecule has 0 amide bonds. The van der Waals surface area contributed by atoms with Gasteiger partial charge in [-0.25, -0.2) is 9.37 Å². The summed E-state index contributed by atoms with van der Waals surface area (Å²) >= 11 is 1.41. The fourth-order valence-electron chi connectivity index (χ4n) is 2.50. The maximum absolute atomic E-state index is 13.0. The Morgan fingerprint density at radius 2 is 1.82 bits per heavy atom. The number of thiazole rings is 1. The van der Waals surface area contributed by atoms with Crippen LogP contribution in [0, 0.1) is 5.82 Å². The number of benzene rings is 2. The largest absolute Gasteiger partial charge is 0.493 e. The Balaban J connectivity index is 1.73. The number of hydrogen-bond donors (Lipinski definition) is 1. The molecule has 0 saturated heterocycles. The van der Waals surface area contributed by atoms with E-state index in [-0.39, 0.29) is 5.82 Å². The quantitative estimate of drug-likeness (QED) is 0.433. The highest BCUT2D eigenvalue weighted by Crippen LogP contribution is 2.38. The standard InChI is InChI=1S/C20H20FN3O3S/c1-4-27-19-17(25-2)9-13(10-18(19)26-3)11-22-24-20-23-16(12-28-20)14-5-7-15(21)8-6-14/h5-12H,4H2,1-3H3,(H,23,24)/b22-11-. The number of nitrogens with zero attached hydrogens (tertiary/aromatic N) is 2. The van der Waals surface area contributed by atoms with Gasteiger partial charge in [-0.05, 0) is 43.3 Å². The van der Waals surface area contributed by atoms with Crippen molar-refractivity contribution in [3.05, 3.63) is 53.2 Å². The zero-order valence-electron chi connectivity index (χ0n) is 15.7. The van der Waals surface area contributed by atoms with Crippen LogP contribution in [0.4, 0.5) is 9.52 Å². The van der Waals surface area contributed by atoms with Gasteiger partial charge >= 0.3 is 0 Å². The van der Waals surface area contributed by atoms with Gasteiger partial charge in [-0.3, -0.25) is 5.43 Å². The van der Waals surface area contributed by atoms with E-state index in [0.29, 0.717) is 29.0 Å². The second kappa shape index (κ2) is 9.18. The maximum Gasteiger partial charge on any atom is 0.203 e. The van der Waals surface area contributed by atoms with Gasteiger partial charge in [0.15, 0.2) is 11.5 Å². The number of rotatable bonds is 8. The third kappa shape index (κ3) is 4.58. The number of aromatic nitrogens is 1. The molecule has 3 aromatic rings. The normalized spacial score (nSPS) is 10.9. The summed E-state index contributed by atoms with van der Waals surface area (Å²) in [5.74, 6) is 1.41. The fourth-order valence-corrected chi connectivity index (χ4v) is 3.17. The molecular formula is C20H20FN3O3S. The minimum absolute atomic E-state index is 0.275. The zero-order chi connectivity index (χ0) is 19.9. The van der Waals surface area contributed by atoms with Crippen LogP contribution in [0.2, 0.25) is 0 Å². The SMILES string of the molecule is CCOc1c(OC)cc(/C=N\Nc2nc(-c3ccc(F)cc3)cs2)cc1OC. The highest BCUT2D eigenvalue weighted by atomic mass is 32.1. The molecule has 0 aliphatic rings. The first-order valence-corrected chi connectivity index (χ1v) is 9.42. The Bertz CT molecular complexity index is 933. The van der Waals surface area contributed by atoms with Gasteiger partial charge in [-0.15, -0.1) is 11.3 Å². The van der Waals surface area contributed by atoms with E-state index >= 15 is 0 Å². The molecule has 6 nitrogen and oxygen atoms in total. The number of nitrogens with one attached hydrogen (secondary N) is 1. The fraction of sp³-hybridized carbons (Fsp3) is 0.200. The first-order chi connectivity index (χ1) is 13.6. The van der Waals surface area contributed by atoms with Crippen molar-refractivity contribution in [3.63, 3.8) is 0 Å². The average molecular weight is 401 g/mol. The number of hydrogen-bond acceptors (Lipinski definition) is 7. The Morgan fingerprint density at radius 3 is 2.43 bits per heavy atom. The number of halogens is 1. The summed E-state index contributed by atoms with van der Waals surface area (Å²) in [6.45, 7) is 2.40. The lowest BCUT2D eigenvalue weighted by molar-refractivity contribution is 0.288. The highest BCUT2D eigenvalue weighted by molar-refractivity contribution is 7.14. The van der Waals surface area contributed by atoms with E-state index in [1.165, 1.54) is 23.5 Å². The second-order valence-electron chi connectivity index (χ2n) is 5.60. The van der Waals surface area contributed by atoms with Crippen LogP contribution in [0.5, 0.6) is 17.2 Å². The lowest BCUT2D eigenvalue weighted by atomic mass is 10.2. The van der Waals surface area contributed by atoms with Crippen LogP contribution < -0.4 is 19.6 Å². The molecule has 0 bridgehead atoms. The summed E-state index contributed by atoms with van der Waals surface area (Å²) in [6.07, 6.45) is 1.64. The first kappa shape index (κ1) is 19.6. The van der Waals surface area contributed by atoms with E-state index in [4.69, 9.17) is 14.2 Å². The molecule has 0 saturated carbocycles. The molecule has 3 rings (SSSR count). The van der Waals surface area contributed by atoms with Gasteiger partial charge in [-0.2, -0.15) is 5.10 Å². The van der Waals surface area contributed by atoms with Gasteiger partial charge < -0.3 is 14.2 Å². The van der Waals surface area contributed by atoms with Crippen LogP contribution in [-0.2, 0) is 0 Å². The summed E-state index contributed by atoms with van der Waals surface area (Å²) in [4.78, 5) is 4.45. The summed E-state index contributed by atoms with van der Waals surface area (Å²) in [7, 11) is 3.14. The van der Waals surface area contributed by atoms with Gasteiger partial charge in [0.25, 0.3) is 0 Å². The molecule has 0 radical (unpaired) electrons. The third-order valence-corrected chi connectivity index (χ3v) is 4.54. The molecule has 0 spiro atoms. The van der Waals surface area contributed by atoms with Crippen LogP contribution in [0.15, 0.2) is 46.9 Å². The Kier molecular flexibility index (Phi) is 6.44. The summed E-state index contributed by atoms with van der Waals surface area (Å²) in [5.41, 5.74) is 5.28. The van der Waals surface area contributed by atoms with Gasteiger partial charge in [-0.1, -0.05) is 0 Å². The van der Waals surface area contributed by atoms with Crippen LogP contribution in [0.1, 0.15) is 12.5 Å². The molecule has 0 aliphatic heterocycles. The average Bonchev–Trinajstić information content (AvgIpc) is 3.18. The second-order valence-corrected chi connectivity index (χ2v) is 6.46. The van der Waals surface area contributed by atoms with Crippen LogP contribution in [0.25, 0.3) is 11.3 Å². The summed E-state index contributed by atoms with van der Waals surface area (Å²) < 4.78 is 29.4. The van der Waals surface area contributed by atoms with Crippen molar-refractivity contribution in [1.29, 1.82) is 0 Å². The van der Waals surface area contributed by atoms with Crippen LogP contribution in [0.3, 0.4) is 0 Å². The Morgan fingerprint density at radius 1 is 1.14 bits per heavy atom. The summed E-state index contributed by atoms with van der Waals surface area (Å²) in [6, 6.07) is 9.82. The first-order valence-electron chi connectivity index (χ1n) is 8.54. The van der Waals surface area contributed by atoms with E-state index in [2.05, 4.69) is 15.5 Å². The molecule has 1 aromatic heterocycles. The van der Waals surface area contributed by atoms with Crippen molar-refractivity contribution in [2.45, 2.75) is 6.92 Å². The predicted octanol–water partition coefficient (Wildman–Crippen LogP) is 4.81. The molecule has 1 heterocycles. The maximum atomic E-state index is 13.0. The van der Waals surface area contributed by atoms with E-state index in [0.717, 1.165) is 16.8 Å². The minimum Gasteiger partial charge on any atom is -0.493 e. The monoisotopic (exact) mass is 401 g/mol. The molecule has 0 unspecified atom stereocenters. The van der Waals surface area contributed by atoms with Crippen molar-refractivity contribution in [2.24, 2.45) is 5.10 Å². The topological polar surface area (TPSA) is 65.0 Å². The molecule has 2 aromatic carbocycles. The van der Waals surface area contributed by atoms with Gasteiger partial charge in [0.05, 0.1) is 32.7 Å². The van der Waals surface area contributed by atoms with Crippen LogP contribution in [-0.4, -0.2) is 32.0 Å². The van der Waals surface area contributed by atoms with Crippen LogP contribution >= 0.6 is 11.3 Å². The molecule has 0 aliphatic carbocycles. The number of hydrazone groups is 1. The predicted molar refractivity (Wildman–Crippen MR) is 109 cm³/mol. The lowest BCUT2D eigenvalue weighted by Crippen LogP contribution is -2.00. The molecule has 0 atom stereocenters. The lowest BCUT2D eigenvalue weighted by Gasteiger charge is -2.14. The molecule has 28 heavy (non-hydrogen) atoms. The molecule has 8 heteroatoms. The summed E-state index contributed by atoms with van der Waals surface area (Å²) in [5, 5.41) is 6.73. The van der Waals surface area contributed by atoms with Gasteiger partial charge in [0, 0.05) is 16.5 Å².